The summed E-state index contributed by atoms with van der Waals surface area (Å²) in [4.78, 5) is 0. The lowest BCUT2D eigenvalue weighted by Gasteiger charge is -2.08. The Balaban J connectivity index is 2.93. The molecule has 1 atom stereocenters. The van der Waals surface area contributed by atoms with Gasteiger partial charge in [0.05, 0.1) is 0 Å². The van der Waals surface area contributed by atoms with E-state index in [1.165, 1.54) is 0 Å². The molecular formula is C6H14NO. The van der Waals surface area contributed by atoms with Crippen LogP contribution >= 0.6 is 0 Å². The first-order chi connectivity index (χ1) is 3.63. The Hall–Kier alpha value is -0.0800. The maximum absolute atomic E-state index is 8.58. The van der Waals surface area contributed by atoms with Crippen LogP contribution in [-0.2, 0) is 0 Å². The third-order valence-electron chi connectivity index (χ3n) is 0.762. The molecule has 0 bridgehead atoms. The summed E-state index contributed by atoms with van der Waals surface area (Å²) >= 11 is 0. The van der Waals surface area contributed by atoms with Gasteiger partial charge in [0.1, 0.15) is 6.23 Å². The van der Waals surface area contributed by atoms with Gasteiger partial charge in [0.2, 0.25) is 0 Å². The zero-order valence-corrected chi connectivity index (χ0v) is 5.52. The second-order valence-electron chi connectivity index (χ2n) is 2.32. The second-order valence-corrected chi connectivity index (χ2v) is 2.32. The van der Waals surface area contributed by atoms with Gasteiger partial charge in [-0.3, -0.25) is 5.32 Å². The molecule has 0 saturated heterocycles. The average molecular weight is 116 g/mol. The first-order valence-electron chi connectivity index (χ1n) is 2.87. The minimum absolute atomic E-state index is 0.575. The third kappa shape index (κ3) is 5.92. The molecule has 0 aromatic heterocycles. The van der Waals surface area contributed by atoms with Crippen LogP contribution in [0.4, 0.5) is 0 Å². The van der Waals surface area contributed by atoms with Crippen LogP contribution in [-0.4, -0.2) is 17.9 Å². The second kappa shape index (κ2) is 3.87. The van der Waals surface area contributed by atoms with E-state index in [2.05, 4.69) is 26.1 Å². The highest BCUT2D eigenvalue weighted by Gasteiger charge is 1.94. The molecule has 0 aliphatic heterocycles. The van der Waals surface area contributed by atoms with E-state index < -0.39 is 6.23 Å². The van der Waals surface area contributed by atoms with Gasteiger partial charge < -0.3 is 5.11 Å². The number of hydrogen-bond acceptors (Lipinski definition) is 2. The first-order valence-corrected chi connectivity index (χ1v) is 2.87. The summed E-state index contributed by atoms with van der Waals surface area (Å²) in [6.07, 6.45) is -0.614. The summed E-state index contributed by atoms with van der Waals surface area (Å²) in [6, 6.07) is 0. The van der Waals surface area contributed by atoms with Crippen molar-refractivity contribution in [1.29, 1.82) is 0 Å². The van der Waals surface area contributed by atoms with Crippen molar-refractivity contribution in [3.63, 3.8) is 0 Å². The van der Waals surface area contributed by atoms with E-state index in [0.29, 0.717) is 5.92 Å². The molecule has 2 N–H and O–H groups in total. The van der Waals surface area contributed by atoms with Crippen LogP contribution in [0.2, 0.25) is 0 Å². The van der Waals surface area contributed by atoms with E-state index in [1.54, 1.807) is 0 Å². The summed E-state index contributed by atoms with van der Waals surface area (Å²) in [5.74, 6) is 0.575. The fourth-order valence-corrected chi connectivity index (χ4v) is 0.372. The highest BCUT2D eigenvalue weighted by atomic mass is 16.3. The van der Waals surface area contributed by atoms with Crippen molar-refractivity contribution in [2.24, 2.45) is 5.92 Å². The standard InChI is InChI=1S/C6H14NO/c1-5(2)4-7-6(3)8/h5-8H,3-4H2,1-2H3. The van der Waals surface area contributed by atoms with E-state index in [0.717, 1.165) is 6.54 Å². The molecule has 1 radical (unpaired) electrons. The molecule has 0 rings (SSSR count). The topological polar surface area (TPSA) is 32.3 Å². The van der Waals surface area contributed by atoms with Crippen molar-refractivity contribution in [2.45, 2.75) is 20.1 Å². The van der Waals surface area contributed by atoms with Gasteiger partial charge in [-0.2, -0.15) is 0 Å². The Kier molecular flexibility index (Phi) is 3.83. The Morgan fingerprint density at radius 2 is 2.12 bits per heavy atom. The first kappa shape index (κ1) is 7.92. The number of aliphatic hydroxyl groups is 1. The van der Waals surface area contributed by atoms with Crippen LogP contribution in [0.1, 0.15) is 13.8 Å². The lowest BCUT2D eigenvalue weighted by molar-refractivity contribution is 0.177. The van der Waals surface area contributed by atoms with E-state index in [9.17, 15) is 0 Å². The van der Waals surface area contributed by atoms with Crippen LogP contribution in [0.25, 0.3) is 0 Å². The highest BCUT2D eigenvalue weighted by molar-refractivity contribution is 4.55. The lowest BCUT2D eigenvalue weighted by atomic mass is 10.2. The highest BCUT2D eigenvalue weighted by Crippen LogP contribution is 1.86. The van der Waals surface area contributed by atoms with Gasteiger partial charge in [0.25, 0.3) is 0 Å². The largest absolute Gasteiger partial charge is 0.379 e. The Bertz CT molecular complexity index is 44.5. The molecule has 2 heteroatoms. The van der Waals surface area contributed by atoms with Crippen LogP contribution < -0.4 is 5.32 Å². The Labute approximate surface area is 50.9 Å². The zero-order chi connectivity index (χ0) is 6.57. The molecule has 0 saturated carbocycles. The van der Waals surface area contributed by atoms with Gasteiger partial charge in [-0.05, 0) is 19.4 Å². The van der Waals surface area contributed by atoms with Crippen LogP contribution in [0.3, 0.4) is 0 Å². The van der Waals surface area contributed by atoms with Gasteiger partial charge in [-0.1, -0.05) is 13.8 Å². The molecule has 0 aliphatic carbocycles. The van der Waals surface area contributed by atoms with Crippen molar-refractivity contribution in [3.8, 4) is 0 Å². The Morgan fingerprint density at radius 1 is 1.62 bits per heavy atom. The molecular weight excluding hydrogens is 102 g/mol. The molecule has 49 valence electrons. The van der Waals surface area contributed by atoms with Gasteiger partial charge in [-0.15, -0.1) is 0 Å². The number of hydrogen-bond donors (Lipinski definition) is 2. The summed E-state index contributed by atoms with van der Waals surface area (Å²) in [5.41, 5.74) is 0. The molecule has 0 fully saturated rings. The summed E-state index contributed by atoms with van der Waals surface area (Å²) < 4.78 is 0. The van der Waals surface area contributed by atoms with Crippen molar-refractivity contribution >= 4 is 0 Å². The molecule has 0 heterocycles. The average Bonchev–Trinajstić information content (AvgIpc) is 1.61. The van der Waals surface area contributed by atoms with Crippen molar-refractivity contribution in [1.82, 2.24) is 5.32 Å². The molecule has 0 aromatic rings. The van der Waals surface area contributed by atoms with E-state index in [1.807, 2.05) is 0 Å². The monoisotopic (exact) mass is 116 g/mol. The van der Waals surface area contributed by atoms with Crippen molar-refractivity contribution in [2.75, 3.05) is 6.54 Å². The van der Waals surface area contributed by atoms with E-state index >= 15 is 0 Å². The molecule has 0 aliphatic rings. The van der Waals surface area contributed by atoms with Gasteiger partial charge in [0.15, 0.2) is 0 Å². The molecule has 0 amide bonds. The summed E-state index contributed by atoms with van der Waals surface area (Å²) in [6.45, 7) is 8.34. The molecule has 0 aromatic carbocycles. The quantitative estimate of drug-likeness (QED) is 0.523. The summed E-state index contributed by atoms with van der Waals surface area (Å²) in [5, 5.41) is 11.4. The summed E-state index contributed by atoms with van der Waals surface area (Å²) in [7, 11) is 0. The number of nitrogens with one attached hydrogen (secondary N) is 1. The van der Waals surface area contributed by atoms with Crippen LogP contribution in [0.5, 0.6) is 0 Å². The third-order valence-corrected chi connectivity index (χ3v) is 0.762. The number of rotatable bonds is 3. The van der Waals surface area contributed by atoms with E-state index in [4.69, 9.17) is 5.11 Å². The molecule has 8 heavy (non-hydrogen) atoms. The SMILES string of the molecule is [CH2]C(O)NCC(C)C. The Morgan fingerprint density at radius 3 is 2.25 bits per heavy atom. The minimum atomic E-state index is -0.614. The normalized spacial score (nSPS) is 14.6. The molecule has 2 nitrogen and oxygen atoms in total. The fourth-order valence-electron chi connectivity index (χ4n) is 0.372. The molecule has 0 spiro atoms. The van der Waals surface area contributed by atoms with Gasteiger partial charge >= 0.3 is 0 Å². The fraction of sp³-hybridized carbons (Fsp3) is 0.833. The number of aliphatic hydroxyl groups excluding tert-OH is 1. The predicted octanol–water partition coefficient (Wildman–Crippen LogP) is 0.384. The predicted molar refractivity (Wildman–Crippen MR) is 34.2 cm³/mol. The van der Waals surface area contributed by atoms with E-state index in [-0.39, 0.29) is 0 Å². The van der Waals surface area contributed by atoms with Crippen LogP contribution in [0.15, 0.2) is 0 Å². The van der Waals surface area contributed by atoms with Gasteiger partial charge in [0, 0.05) is 0 Å². The van der Waals surface area contributed by atoms with Gasteiger partial charge in [-0.25, -0.2) is 0 Å². The maximum atomic E-state index is 8.58. The lowest BCUT2D eigenvalue weighted by Crippen LogP contribution is -2.29. The van der Waals surface area contributed by atoms with Crippen LogP contribution in [0, 0.1) is 12.8 Å². The van der Waals surface area contributed by atoms with Crippen molar-refractivity contribution in [3.05, 3.63) is 6.92 Å². The van der Waals surface area contributed by atoms with Crippen molar-refractivity contribution < 1.29 is 5.11 Å². The maximum Gasteiger partial charge on any atom is 0.105 e. The zero-order valence-electron chi connectivity index (χ0n) is 5.52. The molecule has 1 unspecified atom stereocenters. The minimum Gasteiger partial charge on any atom is -0.379 e. The smallest absolute Gasteiger partial charge is 0.105 e.